The van der Waals surface area contributed by atoms with Gasteiger partial charge in [0.2, 0.25) is 0 Å². The van der Waals surface area contributed by atoms with E-state index in [0.29, 0.717) is 12.1 Å². The predicted octanol–water partition coefficient (Wildman–Crippen LogP) is 3.22. The van der Waals surface area contributed by atoms with Gasteiger partial charge in [-0.2, -0.15) is 0 Å². The van der Waals surface area contributed by atoms with E-state index in [4.69, 9.17) is 4.99 Å². The lowest BCUT2D eigenvalue weighted by Gasteiger charge is -2.39. The van der Waals surface area contributed by atoms with E-state index in [9.17, 15) is 0 Å². The second-order valence-corrected chi connectivity index (χ2v) is 5.97. The largest absolute Gasteiger partial charge is 0.353 e. The highest BCUT2D eigenvalue weighted by atomic mass is 15.3. The fourth-order valence-electron chi connectivity index (χ4n) is 2.86. The van der Waals surface area contributed by atoms with Crippen molar-refractivity contribution in [1.29, 1.82) is 0 Å². The molecule has 2 unspecified atom stereocenters. The van der Waals surface area contributed by atoms with Gasteiger partial charge in [-0.1, -0.05) is 25.7 Å². The first-order valence-corrected chi connectivity index (χ1v) is 6.41. The molecule has 1 fully saturated rings. The Morgan fingerprint density at radius 3 is 2.40 bits per heavy atom. The summed E-state index contributed by atoms with van der Waals surface area (Å²) in [4.78, 5) is 7.20. The van der Waals surface area contributed by atoms with Gasteiger partial charge >= 0.3 is 0 Å². The average molecular weight is 208 g/mol. The molecule has 2 heteroatoms. The molecule has 2 aliphatic rings. The third-order valence-electron chi connectivity index (χ3n) is 3.71. The van der Waals surface area contributed by atoms with E-state index in [1.165, 1.54) is 38.5 Å². The van der Waals surface area contributed by atoms with Crippen LogP contribution in [-0.2, 0) is 0 Å². The number of fused-ring (bicyclic) bond motifs is 1. The van der Waals surface area contributed by atoms with Gasteiger partial charge in [0.15, 0.2) is 0 Å². The first kappa shape index (κ1) is 11.0. The first-order chi connectivity index (χ1) is 7.09. The molecule has 86 valence electrons. The van der Waals surface area contributed by atoms with Crippen LogP contribution in [0.3, 0.4) is 0 Å². The molecule has 1 aliphatic carbocycles. The van der Waals surface area contributed by atoms with Gasteiger partial charge in [-0.3, -0.25) is 4.99 Å². The Labute approximate surface area is 93.8 Å². The summed E-state index contributed by atoms with van der Waals surface area (Å²) in [5.41, 5.74) is 0.238. The Morgan fingerprint density at radius 1 is 1.07 bits per heavy atom. The minimum absolute atomic E-state index is 0.238. The molecule has 0 N–H and O–H groups in total. The zero-order valence-electron chi connectivity index (χ0n) is 10.4. The van der Waals surface area contributed by atoms with Gasteiger partial charge in [0.1, 0.15) is 0 Å². The van der Waals surface area contributed by atoms with E-state index in [-0.39, 0.29) is 5.54 Å². The van der Waals surface area contributed by atoms with Crippen molar-refractivity contribution in [3.05, 3.63) is 0 Å². The minimum atomic E-state index is 0.238. The van der Waals surface area contributed by atoms with Gasteiger partial charge in [0, 0.05) is 5.54 Å². The Kier molecular flexibility index (Phi) is 3.03. The van der Waals surface area contributed by atoms with E-state index in [1.807, 2.05) is 0 Å². The number of nitrogens with zero attached hydrogens (tertiary/aromatic N) is 2. The topological polar surface area (TPSA) is 15.6 Å². The molecule has 0 aromatic rings. The van der Waals surface area contributed by atoms with Gasteiger partial charge in [0.05, 0.1) is 18.4 Å². The molecule has 1 aliphatic heterocycles. The number of aliphatic imine (C=N–C) groups is 1. The highest BCUT2D eigenvalue weighted by Crippen LogP contribution is 2.31. The second-order valence-electron chi connectivity index (χ2n) is 5.97. The highest BCUT2D eigenvalue weighted by molar-refractivity contribution is 5.60. The minimum Gasteiger partial charge on any atom is -0.353 e. The molecule has 0 spiro atoms. The standard InChI is InChI=1S/C13H24N2/c1-13(2,3)15-10-14-11-8-6-4-5-7-9-12(11)15/h10-12H,4-9H2,1-3H3. The molecular formula is C13H24N2. The third-order valence-corrected chi connectivity index (χ3v) is 3.71. The van der Waals surface area contributed by atoms with E-state index in [2.05, 4.69) is 32.0 Å². The molecule has 0 aromatic carbocycles. The smallest absolute Gasteiger partial charge is 0.0861 e. The van der Waals surface area contributed by atoms with E-state index in [0.717, 1.165) is 0 Å². The van der Waals surface area contributed by atoms with Crippen molar-refractivity contribution in [2.24, 2.45) is 4.99 Å². The van der Waals surface area contributed by atoms with Crippen molar-refractivity contribution >= 4 is 6.34 Å². The fourth-order valence-corrected chi connectivity index (χ4v) is 2.86. The summed E-state index contributed by atoms with van der Waals surface area (Å²) in [5, 5.41) is 0. The first-order valence-electron chi connectivity index (χ1n) is 6.41. The van der Waals surface area contributed by atoms with Gasteiger partial charge in [-0.25, -0.2) is 0 Å². The van der Waals surface area contributed by atoms with Crippen LogP contribution in [0.25, 0.3) is 0 Å². The molecule has 15 heavy (non-hydrogen) atoms. The van der Waals surface area contributed by atoms with Crippen LogP contribution in [0.5, 0.6) is 0 Å². The van der Waals surface area contributed by atoms with Crippen LogP contribution in [0.15, 0.2) is 4.99 Å². The van der Waals surface area contributed by atoms with Gasteiger partial charge < -0.3 is 4.90 Å². The summed E-state index contributed by atoms with van der Waals surface area (Å²) >= 11 is 0. The Balaban J connectivity index is 2.08. The van der Waals surface area contributed by atoms with Crippen molar-refractivity contribution in [3.8, 4) is 0 Å². The summed E-state index contributed by atoms with van der Waals surface area (Å²) in [6, 6.07) is 1.27. The van der Waals surface area contributed by atoms with E-state index in [1.54, 1.807) is 0 Å². The summed E-state index contributed by atoms with van der Waals surface area (Å²) in [6.45, 7) is 6.88. The molecule has 0 aromatic heterocycles. The number of hydrogen-bond donors (Lipinski definition) is 0. The molecule has 0 bridgehead atoms. The lowest BCUT2D eigenvalue weighted by atomic mass is 9.90. The van der Waals surface area contributed by atoms with Crippen LogP contribution in [-0.4, -0.2) is 28.9 Å². The van der Waals surface area contributed by atoms with Gasteiger partial charge in [0.25, 0.3) is 0 Å². The Morgan fingerprint density at radius 2 is 1.73 bits per heavy atom. The van der Waals surface area contributed by atoms with Crippen LogP contribution in [0.4, 0.5) is 0 Å². The zero-order chi connectivity index (χ0) is 10.9. The molecule has 0 radical (unpaired) electrons. The molecule has 2 atom stereocenters. The average Bonchev–Trinajstić information content (AvgIpc) is 2.46. The van der Waals surface area contributed by atoms with E-state index < -0.39 is 0 Å². The SMILES string of the molecule is CC(C)(C)N1C=NC2CCCCCCC21. The fraction of sp³-hybridized carbons (Fsp3) is 0.923. The maximum Gasteiger partial charge on any atom is 0.0861 e. The predicted molar refractivity (Wildman–Crippen MR) is 65.4 cm³/mol. The maximum atomic E-state index is 4.71. The lowest BCUT2D eigenvalue weighted by Crippen LogP contribution is -2.47. The molecule has 2 nitrogen and oxygen atoms in total. The second kappa shape index (κ2) is 4.15. The normalized spacial score (nSPS) is 32.3. The van der Waals surface area contributed by atoms with Crippen molar-refractivity contribution in [3.63, 3.8) is 0 Å². The highest BCUT2D eigenvalue weighted by Gasteiger charge is 2.36. The van der Waals surface area contributed by atoms with Crippen LogP contribution in [0, 0.1) is 0 Å². The van der Waals surface area contributed by atoms with Crippen LogP contribution in [0.2, 0.25) is 0 Å². The third kappa shape index (κ3) is 2.35. The molecule has 1 saturated carbocycles. The maximum absolute atomic E-state index is 4.71. The zero-order valence-corrected chi connectivity index (χ0v) is 10.4. The molecular weight excluding hydrogens is 184 g/mol. The van der Waals surface area contributed by atoms with Crippen LogP contribution < -0.4 is 0 Å². The van der Waals surface area contributed by atoms with Crippen molar-refractivity contribution in [1.82, 2.24) is 4.90 Å². The number of hydrogen-bond acceptors (Lipinski definition) is 2. The molecule has 1 heterocycles. The molecule has 0 saturated heterocycles. The van der Waals surface area contributed by atoms with Crippen LogP contribution in [0.1, 0.15) is 59.3 Å². The summed E-state index contributed by atoms with van der Waals surface area (Å²) in [7, 11) is 0. The monoisotopic (exact) mass is 208 g/mol. The summed E-state index contributed by atoms with van der Waals surface area (Å²) in [6.07, 6.45) is 10.3. The number of rotatable bonds is 0. The van der Waals surface area contributed by atoms with Gasteiger partial charge in [-0.05, 0) is 33.6 Å². The molecule has 0 amide bonds. The molecule has 2 rings (SSSR count). The summed E-state index contributed by atoms with van der Waals surface area (Å²) < 4.78 is 0. The Bertz CT molecular complexity index is 239. The van der Waals surface area contributed by atoms with Crippen molar-refractivity contribution in [2.75, 3.05) is 0 Å². The lowest BCUT2D eigenvalue weighted by molar-refractivity contribution is 0.162. The van der Waals surface area contributed by atoms with Crippen LogP contribution >= 0.6 is 0 Å². The quantitative estimate of drug-likeness (QED) is 0.597. The summed E-state index contributed by atoms with van der Waals surface area (Å²) in [5.74, 6) is 0. The van der Waals surface area contributed by atoms with E-state index >= 15 is 0 Å². The van der Waals surface area contributed by atoms with Crippen molar-refractivity contribution < 1.29 is 0 Å². The van der Waals surface area contributed by atoms with Crippen molar-refractivity contribution in [2.45, 2.75) is 76.9 Å². The van der Waals surface area contributed by atoms with Gasteiger partial charge in [-0.15, -0.1) is 0 Å². The Hall–Kier alpha value is -0.530.